The Labute approximate surface area is 173 Å². The molecule has 0 saturated carbocycles. The summed E-state index contributed by atoms with van der Waals surface area (Å²) in [5, 5.41) is 13.4. The molecule has 7 nitrogen and oxygen atoms in total. The Morgan fingerprint density at radius 2 is 2.00 bits per heavy atom. The van der Waals surface area contributed by atoms with Gasteiger partial charge in [0, 0.05) is 12.1 Å². The Morgan fingerprint density at radius 1 is 1.24 bits per heavy atom. The van der Waals surface area contributed by atoms with Crippen molar-refractivity contribution in [2.24, 2.45) is 10.2 Å². The smallest absolute Gasteiger partial charge is 0.240 e. The van der Waals surface area contributed by atoms with Crippen molar-refractivity contribution in [3.8, 4) is 5.75 Å². The molecule has 150 valence electrons. The van der Waals surface area contributed by atoms with Crippen LogP contribution in [0.25, 0.3) is 0 Å². The summed E-state index contributed by atoms with van der Waals surface area (Å²) >= 11 is 1.20. The first-order chi connectivity index (χ1) is 14.1. The van der Waals surface area contributed by atoms with Crippen LogP contribution in [0.5, 0.6) is 5.75 Å². The van der Waals surface area contributed by atoms with E-state index in [1.54, 1.807) is 13.3 Å². The van der Waals surface area contributed by atoms with Gasteiger partial charge in [0.1, 0.15) is 11.0 Å². The van der Waals surface area contributed by atoms with Crippen LogP contribution in [-0.4, -0.2) is 35.6 Å². The highest BCUT2D eigenvalue weighted by atomic mass is 32.2. The molecular formula is C21H22N4O3S. The van der Waals surface area contributed by atoms with E-state index in [0.29, 0.717) is 5.17 Å². The second-order valence-electron chi connectivity index (χ2n) is 6.28. The largest absolute Gasteiger partial charge is 0.497 e. The van der Waals surface area contributed by atoms with Gasteiger partial charge < -0.3 is 15.4 Å². The Morgan fingerprint density at radius 3 is 2.72 bits per heavy atom. The molecule has 1 aliphatic rings. The Kier molecular flexibility index (Phi) is 7.02. The van der Waals surface area contributed by atoms with Crippen LogP contribution < -0.4 is 15.4 Å². The summed E-state index contributed by atoms with van der Waals surface area (Å²) in [5.74, 6) is 0.309. The normalized spacial score (nSPS) is 17.5. The van der Waals surface area contributed by atoms with Crippen LogP contribution in [0.3, 0.4) is 0 Å². The van der Waals surface area contributed by atoms with Crippen LogP contribution in [0, 0.1) is 0 Å². The average Bonchev–Trinajstić information content (AvgIpc) is 3.07. The van der Waals surface area contributed by atoms with E-state index in [0.717, 1.165) is 29.0 Å². The molecule has 2 N–H and O–H groups in total. The Balaban J connectivity index is 1.55. The lowest BCUT2D eigenvalue weighted by Crippen LogP contribution is -2.28. The van der Waals surface area contributed by atoms with Gasteiger partial charge in [0.05, 0.1) is 13.3 Å². The van der Waals surface area contributed by atoms with Gasteiger partial charge in [-0.05, 0) is 47.9 Å². The summed E-state index contributed by atoms with van der Waals surface area (Å²) in [5.41, 5.74) is 2.69. The zero-order chi connectivity index (χ0) is 20.6. The van der Waals surface area contributed by atoms with Crippen LogP contribution >= 0.6 is 11.8 Å². The van der Waals surface area contributed by atoms with E-state index in [1.165, 1.54) is 11.8 Å². The van der Waals surface area contributed by atoms with E-state index in [1.807, 2.05) is 55.5 Å². The molecule has 1 heterocycles. The second kappa shape index (κ2) is 9.88. The van der Waals surface area contributed by atoms with Crippen molar-refractivity contribution in [2.45, 2.75) is 25.0 Å². The van der Waals surface area contributed by atoms with E-state index in [-0.39, 0.29) is 18.2 Å². The highest BCUT2D eigenvalue weighted by Gasteiger charge is 2.32. The summed E-state index contributed by atoms with van der Waals surface area (Å²) in [4.78, 5) is 24.5. The molecule has 1 saturated heterocycles. The van der Waals surface area contributed by atoms with Crippen LogP contribution in [0.1, 0.15) is 24.5 Å². The lowest BCUT2D eigenvalue weighted by Gasteiger charge is -2.10. The number of hydrogen-bond donors (Lipinski definition) is 2. The number of amides is 2. The topological polar surface area (TPSA) is 92.2 Å². The SMILES string of the molecule is CCc1ccccc1NC(=O)CC1SC(=NN=Cc2ccc(OC)cc2)NC1=O. The van der Waals surface area contributed by atoms with Gasteiger partial charge in [0.2, 0.25) is 11.8 Å². The first-order valence-corrected chi connectivity index (χ1v) is 10.1. The molecule has 0 spiro atoms. The molecule has 29 heavy (non-hydrogen) atoms. The molecule has 1 aliphatic heterocycles. The van der Waals surface area contributed by atoms with Gasteiger partial charge in [-0.1, -0.05) is 36.9 Å². The third kappa shape index (κ3) is 5.68. The fourth-order valence-electron chi connectivity index (χ4n) is 2.74. The molecule has 2 amide bonds. The van der Waals surface area contributed by atoms with Crippen LogP contribution in [0.2, 0.25) is 0 Å². The monoisotopic (exact) mass is 410 g/mol. The number of carbonyl (C=O) groups excluding carboxylic acids is 2. The van der Waals surface area contributed by atoms with Crippen LogP contribution in [-0.2, 0) is 16.0 Å². The van der Waals surface area contributed by atoms with Gasteiger partial charge >= 0.3 is 0 Å². The Hall–Kier alpha value is -3.13. The number of rotatable bonds is 7. The molecule has 8 heteroatoms. The molecule has 0 radical (unpaired) electrons. The second-order valence-corrected chi connectivity index (χ2v) is 7.47. The third-order valence-corrected chi connectivity index (χ3v) is 5.36. The number of aryl methyl sites for hydroxylation is 1. The quantitative estimate of drug-likeness (QED) is 0.542. The number of nitrogens with one attached hydrogen (secondary N) is 2. The highest BCUT2D eigenvalue weighted by molar-refractivity contribution is 8.15. The van der Waals surface area contributed by atoms with E-state index in [9.17, 15) is 9.59 Å². The van der Waals surface area contributed by atoms with Gasteiger partial charge in [0.15, 0.2) is 5.17 Å². The summed E-state index contributed by atoms with van der Waals surface area (Å²) in [6.45, 7) is 2.03. The summed E-state index contributed by atoms with van der Waals surface area (Å²) < 4.78 is 5.10. The van der Waals surface area contributed by atoms with E-state index in [4.69, 9.17) is 4.74 Å². The van der Waals surface area contributed by atoms with Crippen molar-refractivity contribution in [3.63, 3.8) is 0 Å². The number of carbonyl (C=O) groups is 2. The molecule has 1 unspecified atom stereocenters. The van der Waals surface area contributed by atoms with Crippen molar-refractivity contribution in [3.05, 3.63) is 59.7 Å². The lowest BCUT2D eigenvalue weighted by atomic mass is 10.1. The predicted molar refractivity (Wildman–Crippen MR) is 117 cm³/mol. The van der Waals surface area contributed by atoms with Crippen molar-refractivity contribution in [1.82, 2.24) is 5.32 Å². The number of anilines is 1. The number of ether oxygens (including phenoxy) is 1. The van der Waals surface area contributed by atoms with Crippen molar-refractivity contribution < 1.29 is 14.3 Å². The Bertz CT molecular complexity index is 941. The number of methoxy groups -OCH3 is 1. The maximum Gasteiger partial charge on any atom is 0.240 e. The lowest BCUT2D eigenvalue weighted by molar-refractivity contribution is -0.122. The van der Waals surface area contributed by atoms with Crippen LogP contribution in [0.15, 0.2) is 58.7 Å². The molecule has 0 aliphatic carbocycles. The van der Waals surface area contributed by atoms with Gasteiger partial charge in [-0.2, -0.15) is 5.10 Å². The van der Waals surface area contributed by atoms with Gasteiger partial charge in [-0.25, -0.2) is 0 Å². The third-order valence-electron chi connectivity index (χ3n) is 4.29. The number of para-hydroxylation sites is 1. The first kappa shape index (κ1) is 20.6. The minimum absolute atomic E-state index is 0.0652. The molecule has 0 bridgehead atoms. The molecular weight excluding hydrogens is 388 g/mol. The van der Waals surface area contributed by atoms with Crippen LogP contribution in [0.4, 0.5) is 5.69 Å². The minimum atomic E-state index is -0.529. The van der Waals surface area contributed by atoms with Gasteiger partial charge in [-0.3, -0.25) is 9.59 Å². The van der Waals surface area contributed by atoms with Gasteiger partial charge in [-0.15, -0.1) is 5.10 Å². The molecule has 0 aromatic heterocycles. The van der Waals surface area contributed by atoms with E-state index < -0.39 is 5.25 Å². The molecule has 3 rings (SSSR count). The molecule has 1 atom stereocenters. The van der Waals surface area contributed by atoms with Crippen molar-refractivity contribution in [1.29, 1.82) is 0 Å². The predicted octanol–water partition coefficient (Wildman–Crippen LogP) is 3.21. The number of nitrogens with zero attached hydrogens (tertiary/aromatic N) is 2. The zero-order valence-electron chi connectivity index (χ0n) is 16.2. The van der Waals surface area contributed by atoms with Crippen molar-refractivity contribution >= 4 is 40.6 Å². The number of thioether (sulfide) groups is 1. The number of amidine groups is 1. The number of hydrogen-bond acceptors (Lipinski definition) is 6. The number of benzene rings is 2. The van der Waals surface area contributed by atoms with E-state index in [2.05, 4.69) is 20.8 Å². The summed E-state index contributed by atoms with van der Waals surface area (Å²) in [7, 11) is 1.61. The van der Waals surface area contributed by atoms with Gasteiger partial charge in [0.25, 0.3) is 0 Å². The highest BCUT2D eigenvalue weighted by Crippen LogP contribution is 2.24. The maximum atomic E-state index is 12.4. The maximum absolute atomic E-state index is 12.4. The van der Waals surface area contributed by atoms with Crippen molar-refractivity contribution in [2.75, 3.05) is 12.4 Å². The average molecular weight is 410 g/mol. The molecule has 2 aromatic carbocycles. The minimum Gasteiger partial charge on any atom is -0.497 e. The summed E-state index contributed by atoms with van der Waals surface area (Å²) in [6.07, 6.45) is 2.47. The summed E-state index contributed by atoms with van der Waals surface area (Å²) in [6, 6.07) is 15.0. The fourth-order valence-corrected chi connectivity index (χ4v) is 3.67. The van der Waals surface area contributed by atoms with E-state index >= 15 is 0 Å². The standard InChI is InChI=1S/C21H22N4O3S/c1-3-15-6-4-5-7-17(15)23-19(26)12-18-20(27)24-21(29-18)25-22-13-14-8-10-16(28-2)11-9-14/h4-11,13,18H,3,12H2,1-2H3,(H,23,26)(H,24,25,27). The molecule has 2 aromatic rings. The zero-order valence-corrected chi connectivity index (χ0v) is 17.0. The molecule has 1 fully saturated rings. The fraction of sp³-hybridized carbons (Fsp3) is 0.238. The first-order valence-electron chi connectivity index (χ1n) is 9.19.